The molecule has 2 atom stereocenters. The van der Waals surface area contributed by atoms with Gasteiger partial charge in [-0.15, -0.1) is 23.7 Å². The van der Waals surface area contributed by atoms with E-state index in [9.17, 15) is 0 Å². The second kappa shape index (κ2) is 7.58. The van der Waals surface area contributed by atoms with Crippen molar-refractivity contribution in [2.24, 2.45) is 5.92 Å². The van der Waals surface area contributed by atoms with E-state index in [1.165, 1.54) is 9.88 Å². The van der Waals surface area contributed by atoms with Crippen molar-refractivity contribution >= 4 is 23.7 Å². The molecule has 1 aliphatic rings. The van der Waals surface area contributed by atoms with Crippen LogP contribution in [0, 0.1) is 5.92 Å². The van der Waals surface area contributed by atoms with Crippen LogP contribution in [0.15, 0.2) is 6.20 Å². The zero-order chi connectivity index (χ0) is 13.1. The minimum atomic E-state index is 0. The Kier molecular flexibility index (Phi) is 6.74. The number of halogens is 1. The lowest BCUT2D eigenvalue weighted by molar-refractivity contribution is 0.140. The summed E-state index contributed by atoms with van der Waals surface area (Å²) in [6, 6.07) is 1.22. The third kappa shape index (κ3) is 5.03. The van der Waals surface area contributed by atoms with Gasteiger partial charge in [-0.05, 0) is 19.8 Å². The zero-order valence-corrected chi connectivity index (χ0v) is 14.0. The molecule has 0 bridgehead atoms. The summed E-state index contributed by atoms with van der Waals surface area (Å²) in [5.74, 6) is 0.696. The van der Waals surface area contributed by atoms with Crippen molar-refractivity contribution in [2.45, 2.75) is 52.7 Å². The summed E-state index contributed by atoms with van der Waals surface area (Å²) in [7, 11) is 0. The Labute approximate surface area is 127 Å². The van der Waals surface area contributed by atoms with Gasteiger partial charge in [-0.3, -0.25) is 4.90 Å². The molecule has 2 rings (SSSR count). The van der Waals surface area contributed by atoms with Gasteiger partial charge in [0, 0.05) is 49.2 Å². The van der Waals surface area contributed by atoms with E-state index >= 15 is 0 Å². The lowest BCUT2D eigenvalue weighted by Crippen LogP contribution is -2.53. The van der Waals surface area contributed by atoms with Gasteiger partial charge in [-0.1, -0.05) is 13.8 Å². The molecule has 0 aliphatic carbocycles. The largest absolute Gasteiger partial charge is 0.311 e. The highest BCUT2D eigenvalue weighted by atomic mass is 35.5. The van der Waals surface area contributed by atoms with E-state index in [1.807, 2.05) is 11.3 Å². The highest BCUT2D eigenvalue weighted by Gasteiger charge is 2.22. The Morgan fingerprint density at radius 1 is 1.47 bits per heavy atom. The van der Waals surface area contributed by atoms with Crippen LogP contribution in [0.5, 0.6) is 0 Å². The number of hydrogen-bond acceptors (Lipinski definition) is 4. The number of nitrogens with one attached hydrogen (secondary N) is 1. The number of aromatic nitrogens is 1. The summed E-state index contributed by atoms with van der Waals surface area (Å²) in [5.41, 5.74) is 0. The number of thiazole rings is 1. The summed E-state index contributed by atoms with van der Waals surface area (Å²) in [5, 5.41) is 4.81. The van der Waals surface area contributed by atoms with E-state index in [-0.39, 0.29) is 12.4 Å². The molecule has 1 aliphatic heterocycles. The molecule has 19 heavy (non-hydrogen) atoms. The summed E-state index contributed by atoms with van der Waals surface area (Å²) >= 11 is 1.88. The van der Waals surface area contributed by atoms with E-state index < -0.39 is 0 Å². The summed E-state index contributed by atoms with van der Waals surface area (Å²) in [6.07, 6.45) is 3.18. The maximum atomic E-state index is 4.54. The molecule has 1 N–H and O–H groups in total. The SMILES string of the molecule is CC(C)Cc1ncc(CN2CC(C)NCC2C)s1.Cl. The van der Waals surface area contributed by atoms with E-state index in [0.717, 1.165) is 26.1 Å². The second-order valence-electron chi connectivity index (χ2n) is 5.91. The van der Waals surface area contributed by atoms with Gasteiger partial charge in [0.25, 0.3) is 0 Å². The Balaban J connectivity index is 0.00000180. The van der Waals surface area contributed by atoms with Crippen LogP contribution in [0.2, 0.25) is 0 Å². The minimum Gasteiger partial charge on any atom is -0.311 e. The third-order valence-corrected chi connectivity index (χ3v) is 4.44. The normalized spacial score (nSPS) is 24.5. The molecule has 0 aromatic carbocycles. The maximum Gasteiger partial charge on any atom is 0.0930 e. The van der Waals surface area contributed by atoms with Crippen molar-refractivity contribution in [3.8, 4) is 0 Å². The monoisotopic (exact) mass is 303 g/mol. The highest BCUT2D eigenvalue weighted by molar-refractivity contribution is 7.11. The Morgan fingerprint density at radius 2 is 2.21 bits per heavy atom. The summed E-state index contributed by atoms with van der Waals surface area (Å²) in [6.45, 7) is 12.4. The van der Waals surface area contributed by atoms with E-state index in [2.05, 4.69) is 49.1 Å². The Hall–Kier alpha value is -0.160. The third-order valence-electron chi connectivity index (χ3n) is 3.44. The first kappa shape index (κ1) is 16.9. The van der Waals surface area contributed by atoms with Gasteiger partial charge in [0.15, 0.2) is 0 Å². The molecule has 1 aromatic rings. The number of piperazine rings is 1. The van der Waals surface area contributed by atoms with Crippen molar-refractivity contribution in [3.63, 3.8) is 0 Å². The molecule has 2 heterocycles. The first-order chi connectivity index (χ1) is 8.54. The summed E-state index contributed by atoms with van der Waals surface area (Å²) in [4.78, 5) is 8.51. The molecular weight excluding hydrogens is 278 g/mol. The van der Waals surface area contributed by atoms with Crippen molar-refractivity contribution < 1.29 is 0 Å². The van der Waals surface area contributed by atoms with E-state index in [1.54, 1.807) is 0 Å². The van der Waals surface area contributed by atoms with Crippen LogP contribution in [0.1, 0.15) is 37.6 Å². The van der Waals surface area contributed by atoms with E-state index in [4.69, 9.17) is 0 Å². The van der Waals surface area contributed by atoms with Crippen molar-refractivity contribution in [1.29, 1.82) is 0 Å². The van der Waals surface area contributed by atoms with Crippen LogP contribution in [0.4, 0.5) is 0 Å². The average molecular weight is 304 g/mol. The maximum absolute atomic E-state index is 4.54. The number of hydrogen-bond donors (Lipinski definition) is 1. The van der Waals surface area contributed by atoms with Crippen LogP contribution in [0.25, 0.3) is 0 Å². The molecule has 0 saturated carbocycles. The lowest BCUT2D eigenvalue weighted by Gasteiger charge is -2.37. The second-order valence-corrected chi connectivity index (χ2v) is 7.11. The molecule has 0 amide bonds. The number of rotatable bonds is 4. The first-order valence-corrected chi connectivity index (χ1v) is 7.77. The Bertz CT molecular complexity index is 381. The average Bonchev–Trinajstić information content (AvgIpc) is 2.70. The van der Waals surface area contributed by atoms with Gasteiger partial charge in [0.05, 0.1) is 5.01 Å². The van der Waals surface area contributed by atoms with Crippen LogP contribution in [-0.4, -0.2) is 35.1 Å². The van der Waals surface area contributed by atoms with Crippen LogP contribution in [-0.2, 0) is 13.0 Å². The van der Waals surface area contributed by atoms with Gasteiger partial charge in [0.2, 0.25) is 0 Å². The molecule has 1 saturated heterocycles. The van der Waals surface area contributed by atoms with Gasteiger partial charge < -0.3 is 5.32 Å². The zero-order valence-electron chi connectivity index (χ0n) is 12.3. The molecular formula is C14H26ClN3S. The fraction of sp³-hybridized carbons (Fsp3) is 0.786. The fourth-order valence-electron chi connectivity index (χ4n) is 2.38. The lowest BCUT2D eigenvalue weighted by atomic mass is 10.1. The smallest absolute Gasteiger partial charge is 0.0930 e. The minimum absolute atomic E-state index is 0. The van der Waals surface area contributed by atoms with Gasteiger partial charge in [-0.2, -0.15) is 0 Å². The Morgan fingerprint density at radius 3 is 2.89 bits per heavy atom. The predicted molar refractivity (Wildman–Crippen MR) is 85.2 cm³/mol. The van der Waals surface area contributed by atoms with Crippen LogP contribution in [0.3, 0.4) is 0 Å². The molecule has 3 nitrogen and oxygen atoms in total. The number of nitrogens with zero attached hydrogens (tertiary/aromatic N) is 2. The molecule has 1 fully saturated rings. The topological polar surface area (TPSA) is 28.2 Å². The van der Waals surface area contributed by atoms with Crippen LogP contribution >= 0.6 is 23.7 Å². The van der Waals surface area contributed by atoms with Gasteiger partial charge >= 0.3 is 0 Å². The summed E-state index contributed by atoms with van der Waals surface area (Å²) < 4.78 is 0. The highest BCUT2D eigenvalue weighted by Crippen LogP contribution is 2.20. The van der Waals surface area contributed by atoms with Crippen molar-refractivity contribution in [2.75, 3.05) is 13.1 Å². The first-order valence-electron chi connectivity index (χ1n) is 6.95. The predicted octanol–water partition coefficient (Wildman–Crippen LogP) is 2.95. The fourth-order valence-corrected chi connectivity index (χ4v) is 3.54. The molecule has 1 aromatic heterocycles. The van der Waals surface area contributed by atoms with Crippen LogP contribution < -0.4 is 5.32 Å². The molecule has 5 heteroatoms. The molecule has 0 radical (unpaired) electrons. The molecule has 110 valence electrons. The van der Waals surface area contributed by atoms with Crippen molar-refractivity contribution in [3.05, 3.63) is 16.1 Å². The van der Waals surface area contributed by atoms with Gasteiger partial charge in [-0.25, -0.2) is 4.98 Å². The van der Waals surface area contributed by atoms with Crippen molar-refractivity contribution in [1.82, 2.24) is 15.2 Å². The quantitative estimate of drug-likeness (QED) is 0.927. The van der Waals surface area contributed by atoms with E-state index in [0.29, 0.717) is 18.0 Å². The molecule has 2 unspecified atom stereocenters. The standard InChI is InChI=1S/C14H25N3S.ClH/c1-10(2)5-14-16-7-13(18-14)9-17-8-11(3)15-6-12(17)4;/h7,10-12,15H,5-6,8-9H2,1-4H3;1H. The van der Waals surface area contributed by atoms with Gasteiger partial charge in [0.1, 0.15) is 0 Å². The molecule has 0 spiro atoms.